The lowest BCUT2D eigenvalue weighted by atomic mass is 10.1. The highest BCUT2D eigenvalue weighted by atomic mass is 16.3. The second-order valence-electron chi connectivity index (χ2n) is 8.82. The lowest BCUT2D eigenvalue weighted by Crippen LogP contribution is -2.36. The van der Waals surface area contributed by atoms with Gasteiger partial charge in [-0.2, -0.15) is 14.9 Å². The van der Waals surface area contributed by atoms with Crippen LogP contribution in [0.5, 0.6) is 5.88 Å². The molecule has 1 saturated heterocycles. The minimum absolute atomic E-state index is 0.0314. The zero-order chi connectivity index (χ0) is 23.0. The zero-order valence-electron chi connectivity index (χ0n) is 18.1. The topological polar surface area (TPSA) is 133 Å². The van der Waals surface area contributed by atoms with E-state index in [0.29, 0.717) is 37.3 Å². The van der Waals surface area contributed by atoms with Crippen LogP contribution < -0.4 is 10.9 Å². The molecular formula is C22H26N6O4. The summed E-state index contributed by atoms with van der Waals surface area (Å²) in [6.07, 6.45) is 6.73. The van der Waals surface area contributed by atoms with E-state index in [1.807, 2.05) is 13.8 Å². The van der Waals surface area contributed by atoms with Crippen LogP contribution >= 0.6 is 0 Å². The van der Waals surface area contributed by atoms with Crippen molar-refractivity contribution in [2.45, 2.75) is 45.7 Å². The molecular weight excluding hydrogens is 412 g/mol. The molecule has 2 N–H and O–H groups in total. The van der Waals surface area contributed by atoms with Crippen LogP contribution in [-0.2, 0) is 11.3 Å². The maximum atomic E-state index is 13.2. The molecule has 2 aromatic heterocycles. The van der Waals surface area contributed by atoms with Crippen molar-refractivity contribution in [3.8, 4) is 11.9 Å². The van der Waals surface area contributed by atoms with Crippen LogP contribution in [0.25, 0.3) is 11.7 Å². The van der Waals surface area contributed by atoms with Gasteiger partial charge in [0.15, 0.2) is 5.56 Å². The summed E-state index contributed by atoms with van der Waals surface area (Å²) in [7, 11) is 0. The Morgan fingerprint density at radius 1 is 1.38 bits per heavy atom. The van der Waals surface area contributed by atoms with Crippen molar-refractivity contribution in [2.24, 2.45) is 11.8 Å². The molecule has 1 atom stereocenters. The molecule has 0 unspecified atom stereocenters. The summed E-state index contributed by atoms with van der Waals surface area (Å²) < 4.78 is 2.59. The number of amides is 2. The molecule has 0 radical (unpaired) electrons. The van der Waals surface area contributed by atoms with Crippen LogP contribution in [0.4, 0.5) is 0 Å². The summed E-state index contributed by atoms with van der Waals surface area (Å²) in [5, 5.41) is 26.7. The van der Waals surface area contributed by atoms with E-state index in [1.54, 1.807) is 11.0 Å². The van der Waals surface area contributed by atoms with Gasteiger partial charge in [-0.1, -0.05) is 13.8 Å². The van der Waals surface area contributed by atoms with Crippen LogP contribution in [0.2, 0.25) is 0 Å². The highest BCUT2D eigenvalue weighted by molar-refractivity contribution is 5.97. The predicted octanol–water partition coefficient (Wildman–Crippen LogP) is 1.14. The first-order valence-electron chi connectivity index (χ1n) is 10.8. The van der Waals surface area contributed by atoms with Crippen LogP contribution in [-0.4, -0.2) is 55.1 Å². The van der Waals surface area contributed by atoms with Gasteiger partial charge in [0.2, 0.25) is 11.8 Å². The number of likely N-dealkylation sites (tertiary alicyclic amines) is 1. The Balaban J connectivity index is 1.73. The van der Waals surface area contributed by atoms with Crippen LogP contribution in [0.15, 0.2) is 17.1 Å². The Hall–Kier alpha value is -3.61. The molecule has 0 spiro atoms. The number of fused-ring (bicyclic) bond motifs is 1. The first kappa shape index (κ1) is 21.6. The number of carbonyl (C=O) groups excluding carboxylic acids is 2. The van der Waals surface area contributed by atoms with E-state index in [0.717, 1.165) is 17.4 Å². The molecule has 1 aliphatic carbocycles. The quantitative estimate of drug-likeness (QED) is 0.650. The Morgan fingerprint density at radius 3 is 2.75 bits per heavy atom. The molecule has 0 aromatic carbocycles. The molecule has 10 heteroatoms. The largest absolute Gasteiger partial charge is 0.492 e. The lowest BCUT2D eigenvalue weighted by Gasteiger charge is -2.15. The van der Waals surface area contributed by atoms with Gasteiger partial charge in [-0.05, 0) is 31.3 Å². The van der Waals surface area contributed by atoms with Crippen molar-refractivity contribution in [2.75, 3.05) is 13.1 Å². The van der Waals surface area contributed by atoms with Crippen molar-refractivity contribution >= 4 is 23.5 Å². The smallest absolute Gasteiger partial charge is 0.270 e. The maximum absolute atomic E-state index is 13.2. The van der Waals surface area contributed by atoms with Crippen molar-refractivity contribution in [3.63, 3.8) is 0 Å². The van der Waals surface area contributed by atoms with Gasteiger partial charge in [0, 0.05) is 37.3 Å². The second kappa shape index (κ2) is 8.49. The minimum atomic E-state index is -0.613. The van der Waals surface area contributed by atoms with E-state index in [1.165, 1.54) is 16.8 Å². The summed E-state index contributed by atoms with van der Waals surface area (Å²) in [6.45, 7) is 5.10. The third-order valence-electron chi connectivity index (χ3n) is 5.69. The number of hydrogen-bond donors (Lipinski definition) is 2. The van der Waals surface area contributed by atoms with E-state index < -0.39 is 17.3 Å². The second-order valence-corrected chi connectivity index (χ2v) is 8.82. The van der Waals surface area contributed by atoms with Crippen molar-refractivity contribution < 1.29 is 14.7 Å². The molecule has 1 aliphatic heterocycles. The zero-order valence-corrected chi connectivity index (χ0v) is 18.1. The number of nitriles is 1. The number of nitrogens with one attached hydrogen (secondary N) is 1. The Morgan fingerprint density at radius 2 is 2.12 bits per heavy atom. The van der Waals surface area contributed by atoms with Crippen molar-refractivity contribution in [1.29, 1.82) is 5.26 Å². The first-order chi connectivity index (χ1) is 15.3. The van der Waals surface area contributed by atoms with E-state index in [9.17, 15) is 19.5 Å². The van der Waals surface area contributed by atoms with Gasteiger partial charge in [0.1, 0.15) is 5.65 Å². The van der Waals surface area contributed by atoms with Gasteiger partial charge in [-0.15, -0.1) is 0 Å². The number of aromatic hydroxyl groups is 1. The molecule has 0 bridgehead atoms. The fraction of sp³-hybridized carbons (Fsp3) is 0.500. The average Bonchev–Trinajstić information content (AvgIpc) is 3.26. The van der Waals surface area contributed by atoms with Crippen LogP contribution in [0, 0.1) is 23.2 Å². The standard InChI is InChI=1S/C22H26N6O4/c1-13(2)11-27-20-15(3-6-17(29)26-8-7-14(9-23)12-26)10-24-28(20)22(32)18(21(27)31)19(30)25-16-4-5-16/h3,6,10,13-14,16,32H,4-5,7-8,11-12H2,1-2H3,(H,25,30)/b6-3+/t14-/m1/s1. The normalized spacial score (nSPS) is 18.6. The van der Waals surface area contributed by atoms with E-state index in [2.05, 4.69) is 16.5 Å². The summed E-state index contributed by atoms with van der Waals surface area (Å²) in [5.74, 6) is -1.44. The third-order valence-corrected chi connectivity index (χ3v) is 5.69. The Labute approximate surface area is 184 Å². The average molecular weight is 438 g/mol. The van der Waals surface area contributed by atoms with Crippen LogP contribution in [0.3, 0.4) is 0 Å². The molecule has 2 aliphatic rings. The monoisotopic (exact) mass is 438 g/mol. The van der Waals surface area contributed by atoms with Gasteiger partial charge < -0.3 is 15.3 Å². The number of nitrogens with zero attached hydrogens (tertiary/aromatic N) is 5. The van der Waals surface area contributed by atoms with Gasteiger partial charge in [0.25, 0.3) is 11.5 Å². The summed E-state index contributed by atoms with van der Waals surface area (Å²) in [5.41, 5.74) is -0.153. The number of rotatable bonds is 6. The number of aromatic nitrogens is 3. The number of carbonyl (C=O) groups is 2. The molecule has 4 rings (SSSR count). The van der Waals surface area contributed by atoms with Gasteiger partial charge in [-0.3, -0.25) is 19.0 Å². The van der Waals surface area contributed by atoms with E-state index in [-0.39, 0.29) is 29.3 Å². The van der Waals surface area contributed by atoms with E-state index in [4.69, 9.17) is 5.26 Å². The number of hydrogen-bond acceptors (Lipinski definition) is 6. The highest BCUT2D eigenvalue weighted by Crippen LogP contribution is 2.24. The summed E-state index contributed by atoms with van der Waals surface area (Å²) >= 11 is 0. The van der Waals surface area contributed by atoms with Gasteiger partial charge in [0.05, 0.1) is 18.2 Å². The summed E-state index contributed by atoms with van der Waals surface area (Å²) in [6, 6.07) is 2.21. The van der Waals surface area contributed by atoms with Gasteiger partial charge in [-0.25, -0.2) is 0 Å². The van der Waals surface area contributed by atoms with Gasteiger partial charge >= 0.3 is 0 Å². The fourth-order valence-electron chi connectivity index (χ4n) is 3.88. The molecule has 32 heavy (non-hydrogen) atoms. The van der Waals surface area contributed by atoms with E-state index >= 15 is 0 Å². The third kappa shape index (κ3) is 4.10. The Kier molecular flexibility index (Phi) is 5.74. The summed E-state index contributed by atoms with van der Waals surface area (Å²) in [4.78, 5) is 40.0. The molecule has 1 saturated carbocycles. The predicted molar refractivity (Wildman–Crippen MR) is 116 cm³/mol. The molecule has 10 nitrogen and oxygen atoms in total. The Bertz CT molecular complexity index is 1200. The maximum Gasteiger partial charge on any atom is 0.270 e. The van der Waals surface area contributed by atoms with Crippen LogP contribution in [0.1, 0.15) is 49.0 Å². The van der Waals surface area contributed by atoms with Crippen molar-refractivity contribution in [3.05, 3.63) is 33.8 Å². The van der Waals surface area contributed by atoms with Crippen molar-refractivity contribution in [1.82, 2.24) is 24.4 Å². The SMILES string of the molecule is CC(C)Cn1c(=O)c(C(=O)NC2CC2)c(O)n2ncc(/C=C/C(=O)N3CC[C@H](C#N)C3)c12. The molecule has 168 valence electrons. The molecule has 2 aromatic rings. The molecule has 2 amide bonds. The lowest BCUT2D eigenvalue weighted by molar-refractivity contribution is -0.125. The first-order valence-corrected chi connectivity index (χ1v) is 10.8. The molecule has 3 heterocycles. The fourth-order valence-corrected chi connectivity index (χ4v) is 3.88. The minimum Gasteiger partial charge on any atom is -0.492 e. The highest BCUT2D eigenvalue weighted by Gasteiger charge is 2.30. The molecule has 2 fully saturated rings.